The van der Waals surface area contributed by atoms with E-state index in [1.165, 1.54) is 0 Å². The minimum atomic E-state index is -1.01. The molecule has 2 atom stereocenters. The van der Waals surface area contributed by atoms with Crippen LogP contribution in [-0.4, -0.2) is 45.3 Å². The Kier molecular flexibility index (Phi) is 9.98. The number of Topliss-reactive ketones (excluding diaryl/α,β-unsaturated/α-hetero) is 1. The van der Waals surface area contributed by atoms with Gasteiger partial charge in [0.2, 0.25) is 11.7 Å². The maximum atomic E-state index is 13.0. The molecule has 1 heterocycles. The molecule has 0 bridgehead atoms. The van der Waals surface area contributed by atoms with E-state index in [9.17, 15) is 19.2 Å². The van der Waals surface area contributed by atoms with E-state index in [0.29, 0.717) is 13.0 Å². The number of ketones is 1. The third-order valence-corrected chi connectivity index (χ3v) is 6.13. The van der Waals surface area contributed by atoms with E-state index in [2.05, 4.69) is 26.3 Å². The first-order valence-electron chi connectivity index (χ1n) is 12.8. The minimum Gasteiger partial charge on any atom is -0.345 e. The third kappa shape index (κ3) is 7.89. The van der Waals surface area contributed by atoms with Crippen molar-refractivity contribution in [3.8, 4) is 0 Å². The SMILES string of the molecule is CCC(NC(=O)[C@H](CC(C)C)NC(=O)NCc1ccccc1)C(=O)C(=O)NCc1ccc2c(c1)ncn2C. The van der Waals surface area contributed by atoms with Gasteiger partial charge in [0.1, 0.15) is 6.04 Å². The van der Waals surface area contributed by atoms with Gasteiger partial charge >= 0.3 is 6.03 Å². The highest BCUT2D eigenvalue weighted by Gasteiger charge is 2.29. The number of urea groups is 1. The van der Waals surface area contributed by atoms with Gasteiger partial charge in [-0.05, 0) is 42.0 Å². The van der Waals surface area contributed by atoms with E-state index in [0.717, 1.165) is 22.2 Å². The van der Waals surface area contributed by atoms with Crippen LogP contribution in [0.3, 0.4) is 0 Å². The van der Waals surface area contributed by atoms with Crippen molar-refractivity contribution >= 4 is 34.7 Å². The summed E-state index contributed by atoms with van der Waals surface area (Å²) in [6.07, 6.45) is 2.31. The Bertz CT molecular complexity index is 1270. The second-order valence-electron chi connectivity index (χ2n) is 9.69. The van der Waals surface area contributed by atoms with Crippen molar-refractivity contribution in [1.82, 2.24) is 30.8 Å². The molecule has 10 heteroatoms. The lowest BCUT2D eigenvalue weighted by Gasteiger charge is -2.23. The first kappa shape index (κ1) is 28.4. The summed E-state index contributed by atoms with van der Waals surface area (Å²) in [5, 5.41) is 10.7. The molecule has 38 heavy (non-hydrogen) atoms. The van der Waals surface area contributed by atoms with Crippen LogP contribution in [0.25, 0.3) is 11.0 Å². The summed E-state index contributed by atoms with van der Waals surface area (Å²) >= 11 is 0. The van der Waals surface area contributed by atoms with Gasteiger partial charge in [0.25, 0.3) is 5.91 Å². The monoisotopic (exact) mass is 520 g/mol. The van der Waals surface area contributed by atoms with Gasteiger partial charge in [0.15, 0.2) is 0 Å². The van der Waals surface area contributed by atoms with Crippen LogP contribution in [0, 0.1) is 5.92 Å². The topological polar surface area (TPSA) is 134 Å². The Morgan fingerprint density at radius 3 is 2.29 bits per heavy atom. The fraction of sp³-hybridized carbons (Fsp3) is 0.393. The Hall–Kier alpha value is -4.21. The molecule has 202 valence electrons. The molecule has 4 N–H and O–H groups in total. The molecule has 10 nitrogen and oxygen atoms in total. The van der Waals surface area contributed by atoms with Crippen LogP contribution in [0.1, 0.15) is 44.7 Å². The van der Waals surface area contributed by atoms with Crippen LogP contribution in [0.15, 0.2) is 54.9 Å². The quantitative estimate of drug-likeness (QED) is 0.272. The summed E-state index contributed by atoms with van der Waals surface area (Å²) in [5.74, 6) is -1.93. The van der Waals surface area contributed by atoms with Crippen molar-refractivity contribution < 1.29 is 19.2 Å². The maximum absolute atomic E-state index is 13.0. The molecule has 0 saturated heterocycles. The zero-order valence-electron chi connectivity index (χ0n) is 22.3. The van der Waals surface area contributed by atoms with Gasteiger partial charge in [0, 0.05) is 20.1 Å². The number of fused-ring (bicyclic) bond motifs is 1. The zero-order valence-corrected chi connectivity index (χ0v) is 22.3. The second-order valence-corrected chi connectivity index (χ2v) is 9.69. The van der Waals surface area contributed by atoms with Crippen molar-refractivity contribution in [3.05, 3.63) is 66.0 Å². The molecule has 4 amide bonds. The largest absolute Gasteiger partial charge is 0.345 e. The molecule has 0 saturated carbocycles. The summed E-state index contributed by atoms with van der Waals surface area (Å²) in [7, 11) is 1.90. The number of benzene rings is 2. The second kappa shape index (κ2) is 13.4. The fourth-order valence-corrected chi connectivity index (χ4v) is 4.04. The summed E-state index contributed by atoms with van der Waals surface area (Å²) in [4.78, 5) is 55.2. The predicted molar refractivity (Wildman–Crippen MR) is 145 cm³/mol. The van der Waals surface area contributed by atoms with E-state index in [1.54, 1.807) is 13.3 Å². The average molecular weight is 521 g/mol. The van der Waals surface area contributed by atoms with E-state index < -0.39 is 35.7 Å². The fourth-order valence-electron chi connectivity index (χ4n) is 4.04. The van der Waals surface area contributed by atoms with Gasteiger partial charge < -0.3 is 25.8 Å². The standard InChI is InChI=1S/C28H36N6O4/c1-5-21(25(35)27(37)29-16-20-11-12-24-22(14-20)31-17-34(24)4)32-26(36)23(13-18(2)3)33-28(38)30-15-19-9-7-6-8-10-19/h6-12,14,17-18,21,23H,5,13,15-16H2,1-4H3,(H,29,37)(H,32,36)(H2,30,33,38)/t21?,23-/m0/s1. The smallest absolute Gasteiger partial charge is 0.315 e. The van der Waals surface area contributed by atoms with Crippen molar-refractivity contribution in [1.29, 1.82) is 0 Å². The van der Waals surface area contributed by atoms with E-state index in [1.807, 2.05) is 74.0 Å². The van der Waals surface area contributed by atoms with Gasteiger partial charge in [-0.15, -0.1) is 0 Å². The summed E-state index contributed by atoms with van der Waals surface area (Å²) in [6.45, 7) is 6.04. The van der Waals surface area contributed by atoms with Crippen LogP contribution >= 0.6 is 0 Å². The van der Waals surface area contributed by atoms with E-state index >= 15 is 0 Å². The third-order valence-electron chi connectivity index (χ3n) is 6.13. The predicted octanol–water partition coefficient (Wildman–Crippen LogP) is 2.57. The molecule has 0 aliphatic carbocycles. The minimum absolute atomic E-state index is 0.107. The number of amides is 4. The number of nitrogens with zero attached hydrogens (tertiary/aromatic N) is 2. The molecule has 0 spiro atoms. The van der Waals surface area contributed by atoms with Crippen LogP contribution in [0.4, 0.5) is 4.79 Å². The molecular weight excluding hydrogens is 484 g/mol. The molecule has 3 rings (SSSR count). The molecule has 0 radical (unpaired) electrons. The lowest BCUT2D eigenvalue weighted by Crippen LogP contribution is -2.55. The summed E-state index contributed by atoms with van der Waals surface area (Å²) < 4.78 is 1.89. The number of hydrogen-bond acceptors (Lipinski definition) is 5. The number of carbonyl (C=O) groups excluding carboxylic acids is 4. The van der Waals surface area contributed by atoms with Gasteiger partial charge in [-0.2, -0.15) is 0 Å². The van der Waals surface area contributed by atoms with Crippen molar-refractivity contribution in [2.24, 2.45) is 13.0 Å². The van der Waals surface area contributed by atoms with E-state index in [4.69, 9.17) is 0 Å². The maximum Gasteiger partial charge on any atom is 0.315 e. The lowest BCUT2D eigenvalue weighted by atomic mass is 10.0. The molecule has 0 aliphatic rings. The Morgan fingerprint density at radius 1 is 0.895 bits per heavy atom. The van der Waals surface area contributed by atoms with Crippen molar-refractivity contribution in [2.75, 3.05) is 0 Å². The lowest BCUT2D eigenvalue weighted by molar-refractivity contribution is -0.140. The number of aryl methyl sites for hydroxylation is 1. The number of imidazole rings is 1. The molecule has 1 unspecified atom stereocenters. The molecule has 0 aliphatic heterocycles. The average Bonchev–Trinajstić information content (AvgIpc) is 3.28. The van der Waals surface area contributed by atoms with Gasteiger partial charge in [-0.25, -0.2) is 9.78 Å². The van der Waals surface area contributed by atoms with E-state index in [-0.39, 0.29) is 18.9 Å². The number of nitrogens with one attached hydrogen (secondary N) is 4. The van der Waals surface area contributed by atoms with Gasteiger partial charge in [-0.3, -0.25) is 14.4 Å². The first-order valence-corrected chi connectivity index (χ1v) is 12.8. The van der Waals surface area contributed by atoms with Crippen molar-refractivity contribution in [2.45, 2.75) is 58.8 Å². The van der Waals surface area contributed by atoms with Crippen LogP contribution < -0.4 is 21.3 Å². The number of aromatic nitrogens is 2. The van der Waals surface area contributed by atoms with Gasteiger partial charge in [-0.1, -0.05) is 57.2 Å². The van der Waals surface area contributed by atoms with Crippen LogP contribution in [-0.2, 0) is 34.5 Å². The molecular formula is C28H36N6O4. The molecule has 0 fully saturated rings. The number of hydrogen-bond donors (Lipinski definition) is 4. The molecule has 3 aromatic rings. The Morgan fingerprint density at radius 2 is 1.61 bits per heavy atom. The zero-order chi connectivity index (χ0) is 27.7. The van der Waals surface area contributed by atoms with Crippen LogP contribution in [0.2, 0.25) is 0 Å². The highest BCUT2D eigenvalue weighted by Crippen LogP contribution is 2.14. The highest BCUT2D eigenvalue weighted by atomic mass is 16.2. The number of rotatable bonds is 12. The first-order chi connectivity index (χ1) is 18.2. The Balaban J connectivity index is 1.55. The van der Waals surface area contributed by atoms with Gasteiger partial charge in [0.05, 0.1) is 23.4 Å². The summed E-state index contributed by atoms with van der Waals surface area (Å²) in [5.41, 5.74) is 3.48. The van der Waals surface area contributed by atoms with Crippen LogP contribution in [0.5, 0.6) is 0 Å². The molecule has 2 aromatic carbocycles. The molecule has 1 aromatic heterocycles. The Labute approximate surface area is 222 Å². The highest BCUT2D eigenvalue weighted by molar-refractivity contribution is 6.38. The number of carbonyl (C=O) groups is 4. The normalized spacial score (nSPS) is 12.6. The van der Waals surface area contributed by atoms with Crippen molar-refractivity contribution in [3.63, 3.8) is 0 Å². The summed E-state index contributed by atoms with van der Waals surface area (Å²) in [6, 6.07) is 12.7.